The van der Waals surface area contributed by atoms with Crippen molar-refractivity contribution < 1.29 is 60.7 Å². The van der Waals surface area contributed by atoms with E-state index in [0.717, 1.165) is 39.5 Å². The van der Waals surface area contributed by atoms with Crippen LogP contribution in [-0.4, -0.2) is 51.9 Å². The van der Waals surface area contributed by atoms with Gasteiger partial charge in [0.1, 0.15) is 17.5 Å². The maximum Gasteiger partial charge on any atom is 0.373 e. The molecule has 0 heterocycles. The summed E-state index contributed by atoms with van der Waals surface area (Å²) in [7, 11) is 0. The number of aliphatic hydroxyl groups excluding tert-OH is 2. The molecule has 0 unspecified atom stereocenters. The maximum atomic E-state index is 10.7. The van der Waals surface area contributed by atoms with Gasteiger partial charge in [-0.2, -0.15) is 0 Å². The Balaban J connectivity index is -0.000000137. The molecule has 134 valence electrons. The number of carbonyl (C=O) groups is 4. The van der Waals surface area contributed by atoms with Crippen LogP contribution in [0.25, 0.3) is 0 Å². The fraction of sp³-hybridized carbons (Fsp3) is 0.733. The van der Waals surface area contributed by atoms with Gasteiger partial charge in [-0.05, 0) is 26.7 Å². The number of Topliss-reactive ketones (excluding diaryl/α,β-unsaturated/α-hetero) is 3. The summed E-state index contributed by atoms with van der Waals surface area (Å²) in [5.74, 6) is -6.24. The fourth-order valence-corrected chi connectivity index (χ4v) is 1.10. The molecule has 0 atom stereocenters. The SMILES string of the molecule is CC(=O)C(C(C)=O)C(=O)C(=O)O.CCCCO.CCCCO.[Zr]. The molecule has 0 amide bonds. The number of ketones is 3. The minimum Gasteiger partial charge on any atom is -0.475 e. The predicted molar refractivity (Wildman–Crippen MR) is 81.5 cm³/mol. The first-order valence-corrected chi connectivity index (χ1v) is 7.20. The van der Waals surface area contributed by atoms with Gasteiger partial charge in [-0.25, -0.2) is 4.79 Å². The van der Waals surface area contributed by atoms with E-state index in [1.54, 1.807) is 0 Å². The average Bonchev–Trinajstić information content (AvgIpc) is 2.41. The Kier molecular flexibility index (Phi) is 27.9. The van der Waals surface area contributed by atoms with Crippen molar-refractivity contribution in [3.63, 3.8) is 0 Å². The summed E-state index contributed by atoms with van der Waals surface area (Å²) in [6.07, 6.45) is 4.08. The predicted octanol–water partition coefficient (Wildman–Crippen LogP) is 0.989. The van der Waals surface area contributed by atoms with E-state index in [-0.39, 0.29) is 26.2 Å². The summed E-state index contributed by atoms with van der Waals surface area (Å²) in [5.41, 5.74) is 0. The first-order valence-electron chi connectivity index (χ1n) is 7.20. The topological polar surface area (TPSA) is 129 Å². The Bertz CT molecular complexity index is 319. The summed E-state index contributed by atoms with van der Waals surface area (Å²) >= 11 is 0. The Morgan fingerprint density at radius 1 is 0.826 bits per heavy atom. The number of hydrogen-bond acceptors (Lipinski definition) is 6. The maximum absolute atomic E-state index is 10.7. The van der Waals surface area contributed by atoms with Gasteiger partial charge in [0.25, 0.3) is 5.78 Å². The number of carboxylic acids is 1. The Labute approximate surface area is 156 Å². The third-order valence-electron chi connectivity index (χ3n) is 2.31. The van der Waals surface area contributed by atoms with E-state index in [2.05, 4.69) is 13.8 Å². The molecule has 0 saturated carbocycles. The number of hydrogen-bond donors (Lipinski definition) is 3. The van der Waals surface area contributed by atoms with Crippen molar-refractivity contribution in [2.24, 2.45) is 5.92 Å². The zero-order valence-corrected chi connectivity index (χ0v) is 16.8. The van der Waals surface area contributed by atoms with Gasteiger partial charge < -0.3 is 15.3 Å². The summed E-state index contributed by atoms with van der Waals surface area (Å²) in [6.45, 7) is 6.80. The van der Waals surface area contributed by atoms with Gasteiger partial charge in [-0.15, -0.1) is 0 Å². The van der Waals surface area contributed by atoms with Gasteiger partial charge in [0.05, 0.1) is 0 Å². The summed E-state index contributed by atoms with van der Waals surface area (Å²) in [6, 6.07) is 0. The molecule has 3 N–H and O–H groups in total. The van der Waals surface area contributed by atoms with E-state index in [4.69, 9.17) is 15.3 Å². The Hall–Kier alpha value is -0.717. The van der Waals surface area contributed by atoms with Crippen molar-refractivity contribution in [2.45, 2.75) is 53.4 Å². The molecule has 0 bridgehead atoms. The molecule has 0 aliphatic rings. The number of unbranched alkanes of at least 4 members (excludes halogenated alkanes) is 2. The first-order chi connectivity index (χ1) is 10.2. The van der Waals surface area contributed by atoms with E-state index in [0.29, 0.717) is 13.2 Å². The zero-order chi connectivity index (χ0) is 18.1. The minimum atomic E-state index is -1.76. The number of carboxylic acid groups (broad SMARTS) is 1. The van der Waals surface area contributed by atoms with Crippen LogP contribution in [0.2, 0.25) is 0 Å². The molecular weight excluding hydrogens is 383 g/mol. The van der Waals surface area contributed by atoms with Crippen LogP contribution in [0, 0.1) is 5.92 Å². The molecule has 0 spiro atoms. The van der Waals surface area contributed by atoms with Crippen molar-refractivity contribution in [2.75, 3.05) is 13.2 Å². The van der Waals surface area contributed by atoms with Crippen LogP contribution >= 0.6 is 0 Å². The third kappa shape index (κ3) is 21.3. The van der Waals surface area contributed by atoms with Gasteiger partial charge in [0, 0.05) is 39.4 Å². The molecule has 0 aliphatic carbocycles. The van der Waals surface area contributed by atoms with Crippen LogP contribution in [0.1, 0.15) is 53.4 Å². The minimum absolute atomic E-state index is 0. The first kappa shape index (κ1) is 30.2. The molecule has 0 fully saturated rings. The third-order valence-corrected chi connectivity index (χ3v) is 2.31. The van der Waals surface area contributed by atoms with E-state index in [9.17, 15) is 19.2 Å². The molecule has 0 aromatic heterocycles. The largest absolute Gasteiger partial charge is 0.475 e. The van der Waals surface area contributed by atoms with Crippen LogP contribution in [0.3, 0.4) is 0 Å². The average molecular weight is 412 g/mol. The van der Waals surface area contributed by atoms with Crippen LogP contribution in [0.5, 0.6) is 0 Å². The van der Waals surface area contributed by atoms with Crippen molar-refractivity contribution in [3.05, 3.63) is 0 Å². The second kappa shape index (κ2) is 21.3. The number of aliphatic carboxylic acids is 1. The molecule has 23 heavy (non-hydrogen) atoms. The monoisotopic (exact) mass is 410 g/mol. The van der Waals surface area contributed by atoms with Crippen LogP contribution < -0.4 is 0 Å². The van der Waals surface area contributed by atoms with E-state index < -0.39 is 29.2 Å². The molecule has 0 rings (SSSR count). The normalized spacial score (nSPS) is 8.65. The Morgan fingerprint density at radius 3 is 1.17 bits per heavy atom. The van der Waals surface area contributed by atoms with Crippen LogP contribution in [-0.2, 0) is 45.4 Å². The van der Waals surface area contributed by atoms with E-state index >= 15 is 0 Å². The van der Waals surface area contributed by atoms with Gasteiger partial charge >= 0.3 is 5.97 Å². The smallest absolute Gasteiger partial charge is 0.373 e. The summed E-state index contributed by atoms with van der Waals surface area (Å²) in [4.78, 5) is 42.0. The summed E-state index contributed by atoms with van der Waals surface area (Å²) < 4.78 is 0. The van der Waals surface area contributed by atoms with E-state index in [1.165, 1.54) is 0 Å². The molecule has 0 radical (unpaired) electrons. The molecule has 0 aromatic carbocycles. The van der Waals surface area contributed by atoms with E-state index in [1.807, 2.05) is 0 Å². The molecule has 0 aromatic rings. The van der Waals surface area contributed by atoms with Gasteiger partial charge in [-0.1, -0.05) is 26.7 Å². The van der Waals surface area contributed by atoms with Crippen molar-refractivity contribution >= 4 is 23.3 Å². The number of rotatable bonds is 8. The number of carbonyl (C=O) groups excluding carboxylic acids is 3. The van der Waals surface area contributed by atoms with Gasteiger partial charge in [-0.3, -0.25) is 14.4 Å². The Morgan fingerprint density at radius 2 is 1.13 bits per heavy atom. The second-order valence-electron chi connectivity index (χ2n) is 4.48. The molecule has 8 heteroatoms. The quantitative estimate of drug-likeness (QED) is 0.401. The van der Waals surface area contributed by atoms with Crippen LogP contribution in [0.15, 0.2) is 0 Å². The second-order valence-corrected chi connectivity index (χ2v) is 4.48. The zero-order valence-electron chi connectivity index (χ0n) is 14.3. The number of aliphatic hydroxyl groups is 2. The van der Waals surface area contributed by atoms with Gasteiger partial charge in [0.15, 0.2) is 0 Å². The molecule has 0 saturated heterocycles. The fourth-order valence-electron chi connectivity index (χ4n) is 1.10. The molecular formula is C15H28O7Zr. The molecule has 0 aliphatic heterocycles. The summed E-state index contributed by atoms with van der Waals surface area (Å²) in [5, 5.41) is 24.3. The van der Waals surface area contributed by atoms with Crippen LogP contribution in [0.4, 0.5) is 0 Å². The van der Waals surface area contributed by atoms with Crippen molar-refractivity contribution in [3.8, 4) is 0 Å². The standard InChI is InChI=1S/C7H8O5.2C4H10O.Zr/c1-3(8)5(4(2)9)6(10)7(11)12;2*1-2-3-4-5;/h5H,1-2H3,(H,11,12);2*5H,2-4H2,1H3;. The van der Waals surface area contributed by atoms with Gasteiger partial charge in [0.2, 0.25) is 0 Å². The van der Waals surface area contributed by atoms with Crippen molar-refractivity contribution in [1.29, 1.82) is 0 Å². The molecule has 7 nitrogen and oxygen atoms in total. The van der Waals surface area contributed by atoms with Crippen molar-refractivity contribution in [1.82, 2.24) is 0 Å².